The fourth-order valence-corrected chi connectivity index (χ4v) is 1.43. The number of nitrogens with zero attached hydrogens (tertiary/aromatic N) is 1. The van der Waals surface area contributed by atoms with Crippen LogP contribution in [0.4, 0.5) is 4.79 Å². The van der Waals surface area contributed by atoms with Crippen LogP contribution in [-0.2, 0) is 9.59 Å². The van der Waals surface area contributed by atoms with Gasteiger partial charge in [0.1, 0.15) is 11.3 Å². The molecule has 0 atom stereocenters. The van der Waals surface area contributed by atoms with Crippen LogP contribution in [0.5, 0.6) is 0 Å². The summed E-state index contributed by atoms with van der Waals surface area (Å²) in [7, 11) is 0. The van der Waals surface area contributed by atoms with Crippen LogP contribution in [0.3, 0.4) is 0 Å². The summed E-state index contributed by atoms with van der Waals surface area (Å²) in [6.45, 7) is 5.24. The van der Waals surface area contributed by atoms with Gasteiger partial charge >= 0.3 is 6.03 Å². The van der Waals surface area contributed by atoms with Crippen molar-refractivity contribution in [3.8, 4) is 0 Å². The molecule has 0 aromatic rings. The highest BCUT2D eigenvalue weighted by Gasteiger charge is 2.43. The summed E-state index contributed by atoms with van der Waals surface area (Å²) in [5.74, 6) is -0.211. The van der Waals surface area contributed by atoms with Crippen molar-refractivity contribution in [2.45, 2.75) is 39.2 Å². The second-order valence-electron chi connectivity index (χ2n) is 4.15. The fraction of sp³-hybridized carbons (Fsp3) is 0.700. The van der Waals surface area contributed by atoms with Crippen molar-refractivity contribution in [1.29, 1.82) is 0 Å². The number of ketones is 1. The monoisotopic (exact) mass is 212 g/mol. The minimum absolute atomic E-state index is 0.0558. The molecule has 0 saturated carbocycles. The molecule has 1 aliphatic heterocycles. The zero-order chi connectivity index (χ0) is 11.6. The van der Waals surface area contributed by atoms with Gasteiger partial charge in [-0.2, -0.15) is 0 Å². The molecule has 0 bridgehead atoms. The Labute approximate surface area is 88.8 Å². The number of Topliss-reactive ketones (excluding diaryl/α,β-unsaturated/α-hetero) is 1. The molecule has 1 aliphatic rings. The molecule has 1 rings (SSSR count). The van der Waals surface area contributed by atoms with Crippen LogP contribution in [0.2, 0.25) is 0 Å². The average molecular weight is 212 g/mol. The minimum Gasteiger partial charge on any atom is -0.324 e. The Bertz CT molecular complexity index is 310. The summed E-state index contributed by atoms with van der Waals surface area (Å²) in [6, 6.07) is -0.408. The number of imide groups is 1. The van der Waals surface area contributed by atoms with Crippen molar-refractivity contribution < 1.29 is 14.4 Å². The number of hydrogen-bond acceptors (Lipinski definition) is 3. The third-order valence-electron chi connectivity index (χ3n) is 2.45. The molecule has 3 amide bonds. The smallest absolute Gasteiger partial charge is 0.324 e. The van der Waals surface area contributed by atoms with E-state index in [0.29, 0.717) is 6.42 Å². The molecule has 0 radical (unpaired) electrons. The van der Waals surface area contributed by atoms with Gasteiger partial charge in [-0.1, -0.05) is 6.92 Å². The molecule has 1 fully saturated rings. The van der Waals surface area contributed by atoms with Gasteiger partial charge in [0.2, 0.25) is 0 Å². The van der Waals surface area contributed by atoms with Crippen LogP contribution in [0, 0.1) is 0 Å². The van der Waals surface area contributed by atoms with Gasteiger partial charge in [-0.3, -0.25) is 14.5 Å². The average Bonchev–Trinajstić information content (AvgIpc) is 2.34. The van der Waals surface area contributed by atoms with Crippen molar-refractivity contribution in [2.24, 2.45) is 0 Å². The number of carbonyl (C=O) groups excluding carboxylic acids is 3. The first-order valence-electron chi connectivity index (χ1n) is 5.04. The molecule has 1 N–H and O–H groups in total. The summed E-state index contributed by atoms with van der Waals surface area (Å²) in [6.07, 6.45) is 0.679. The number of rotatable bonds is 4. The van der Waals surface area contributed by atoms with E-state index in [9.17, 15) is 14.4 Å². The molecule has 5 nitrogen and oxygen atoms in total. The summed E-state index contributed by atoms with van der Waals surface area (Å²) in [4.78, 5) is 35.2. The summed E-state index contributed by atoms with van der Waals surface area (Å²) in [5, 5.41) is 2.56. The van der Waals surface area contributed by atoms with E-state index < -0.39 is 11.6 Å². The molecular weight excluding hydrogens is 196 g/mol. The van der Waals surface area contributed by atoms with Gasteiger partial charge in [0.15, 0.2) is 0 Å². The number of carbonyl (C=O) groups is 3. The SMILES string of the molecule is CCC(=O)CCN1C(=O)NC(C)(C)C1=O. The number of urea groups is 1. The molecular formula is C10H16N2O3. The predicted octanol–water partition coefficient (Wildman–Crippen LogP) is 0.686. The summed E-state index contributed by atoms with van der Waals surface area (Å²) >= 11 is 0. The van der Waals surface area contributed by atoms with Gasteiger partial charge in [-0.15, -0.1) is 0 Å². The van der Waals surface area contributed by atoms with E-state index in [0.717, 1.165) is 4.90 Å². The van der Waals surface area contributed by atoms with E-state index in [1.807, 2.05) is 0 Å². The number of nitrogens with one attached hydrogen (secondary N) is 1. The first kappa shape index (κ1) is 11.7. The lowest BCUT2D eigenvalue weighted by atomic mass is 10.1. The van der Waals surface area contributed by atoms with Gasteiger partial charge in [0.25, 0.3) is 5.91 Å². The highest BCUT2D eigenvalue weighted by atomic mass is 16.2. The Hall–Kier alpha value is -1.39. The summed E-state index contributed by atoms with van der Waals surface area (Å²) < 4.78 is 0. The molecule has 1 heterocycles. The number of amides is 3. The molecule has 1 saturated heterocycles. The number of hydrogen-bond donors (Lipinski definition) is 1. The standard InChI is InChI=1S/C10H16N2O3/c1-4-7(13)5-6-12-8(14)10(2,3)11-9(12)15/h4-6H2,1-3H3,(H,11,15). The van der Waals surface area contributed by atoms with Crippen molar-refractivity contribution in [3.63, 3.8) is 0 Å². The fourth-order valence-electron chi connectivity index (χ4n) is 1.43. The van der Waals surface area contributed by atoms with Gasteiger partial charge in [0, 0.05) is 19.4 Å². The lowest BCUT2D eigenvalue weighted by Crippen LogP contribution is -2.40. The molecule has 0 spiro atoms. The van der Waals surface area contributed by atoms with Gasteiger partial charge in [0.05, 0.1) is 0 Å². The Balaban J connectivity index is 2.60. The van der Waals surface area contributed by atoms with E-state index in [2.05, 4.69) is 5.32 Å². The Morgan fingerprint density at radius 3 is 2.40 bits per heavy atom. The van der Waals surface area contributed by atoms with Gasteiger partial charge < -0.3 is 5.32 Å². The van der Waals surface area contributed by atoms with Crippen LogP contribution in [0.25, 0.3) is 0 Å². The first-order chi connectivity index (χ1) is 6.88. The molecule has 5 heteroatoms. The topological polar surface area (TPSA) is 66.5 Å². The summed E-state index contributed by atoms with van der Waals surface area (Å²) in [5.41, 5.74) is -0.841. The van der Waals surface area contributed by atoms with Gasteiger partial charge in [-0.25, -0.2) is 4.79 Å². The Kier molecular flexibility index (Phi) is 3.12. The van der Waals surface area contributed by atoms with E-state index >= 15 is 0 Å². The van der Waals surface area contributed by atoms with E-state index in [1.165, 1.54) is 0 Å². The largest absolute Gasteiger partial charge is 0.325 e. The molecule has 0 aliphatic carbocycles. The van der Waals surface area contributed by atoms with E-state index in [4.69, 9.17) is 0 Å². The van der Waals surface area contributed by atoms with Crippen molar-refractivity contribution in [1.82, 2.24) is 10.2 Å². The van der Waals surface area contributed by atoms with E-state index in [-0.39, 0.29) is 24.7 Å². The van der Waals surface area contributed by atoms with Gasteiger partial charge in [-0.05, 0) is 13.8 Å². The van der Waals surface area contributed by atoms with Crippen LogP contribution < -0.4 is 5.32 Å². The second-order valence-corrected chi connectivity index (χ2v) is 4.15. The zero-order valence-corrected chi connectivity index (χ0v) is 9.29. The maximum absolute atomic E-state index is 11.7. The predicted molar refractivity (Wildman–Crippen MR) is 54.2 cm³/mol. The maximum Gasteiger partial charge on any atom is 0.325 e. The maximum atomic E-state index is 11.7. The lowest BCUT2D eigenvalue weighted by Gasteiger charge is -2.15. The second kappa shape index (κ2) is 4.00. The van der Waals surface area contributed by atoms with Crippen LogP contribution in [-0.4, -0.2) is 34.7 Å². The van der Waals surface area contributed by atoms with Crippen molar-refractivity contribution in [2.75, 3.05) is 6.54 Å². The highest BCUT2D eigenvalue weighted by molar-refractivity contribution is 6.06. The third kappa shape index (κ3) is 2.34. The van der Waals surface area contributed by atoms with Crippen LogP contribution in [0.1, 0.15) is 33.6 Å². The van der Waals surface area contributed by atoms with Crippen molar-refractivity contribution in [3.05, 3.63) is 0 Å². The highest BCUT2D eigenvalue weighted by Crippen LogP contribution is 2.16. The Morgan fingerprint density at radius 1 is 1.40 bits per heavy atom. The van der Waals surface area contributed by atoms with Crippen LogP contribution in [0.15, 0.2) is 0 Å². The molecule has 84 valence electrons. The quantitative estimate of drug-likeness (QED) is 0.697. The third-order valence-corrected chi connectivity index (χ3v) is 2.45. The van der Waals surface area contributed by atoms with Crippen molar-refractivity contribution >= 4 is 17.7 Å². The lowest BCUT2D eigenvalue weighted by molar-refractivity contribution is -0.130. The van der Waals surface area contributed by atoms with Crippen LogP contribution >= 0.6 is 0 Å². The molecule has 0 unspecified atom stereocenters. The molecule has 0 aromatic heterocycles. The Morgan fingerprint density at radius 2 is 2.00 bits per heavy atom. The van der Waals surface area contributed by atoms with E-state index in [1.54, 1.807) is 20.8 Å². The zero-order valence-electron chi connectivity index (χ0n) is 9.29. The molecule has 0 aromatic carbocycles. The normalized spacial score (nSPS) is 19.3. The molecule has 15 heavy (non-hydrogen) atoms. The minimum atomic E-state index is -0.841. The first-order valence-corrected chi connectivity index (χ1v) is 5.04.